The van der Waals surface area contributed by atoms with Gasteiger partial charge in [-0.05, 0) is 35.0 Å². The Morgan fingerprint density at radius 3 is 2.82 bits per heavy atom. The Kier molecular flexibility index (Phi) is 6.29. The summed E-state index contributed by atoms with van der Waals surface area (Å²) in [4.78, 5) is 11.9. The van der Waals surface area contributed by atoms with Crippen LogP contribution in [-0.2, 0) is 6.54 Å². The van der Waals surface area contributed by atoms with Gasteiger partial charge in [-0.25, -0.2) is 0 Å². The first-order valence-corrected chi connectivity index (χ1v) is 6.83. The molecule has 0 aliphatic carbocycles. The first-order valence-electron chi connectivity index (χ1n) is 6.03. The molecule has 0 aliphatic rings. The molecule has 0 radical (unpaired) electrons. The van der Waals surface area contributed by atoms with Crippen LogP contribution in [0.25, 0.3) is 0 Å². The topological polar surface area (TPSA) is 46.1 Å². The fourth-order valence-electron chi connectivity index (χ4n) is 1.62. The lowest BCUT2D eigenvalue weighted by molar-refractivity contribution is 0.0944. The van der Waals surface area contributed by atoms with Crippen LogP contribution in [0, 0.1) is 0 Å². The molecular formula is C12H20BrN3O. The quantitative estimate of drug-likeness (QED) is 0.757. The van der Waals surface area contributed by atoms with Crippen molar-refractivity contribution in [2.45, 2.75) is 26.8 Å². The van der Waals surface area contributed by atoms with E-state index in [1.165, 1.54) is 0 Å². The number of hydrogen-bond donors (Lipinski definition) is 2. The summed E-state index contributed by atoms with van der Waals surface area (Å²) < 4.78 is 2.93. The summed E-state index contributed by atoms with van der Waals surface area (Å²) in [5, 5.41) is 6.07. The Morgan fingerprint density at radius 1 is 1.41 bits per heavy atom. The third kappa shape index (κ3) is 4.52. The minimum absolute atomic E-state index is 0.0120. The van der Waals surface area contributed by atoms with Crippen molar-refractivity contribution in [3.05, 3.63) is 22.4 Å². The Labute approximate surface area is 111 Å². The van der Waals surface area contributed by atoms with Gasteiger partial charge in [0.25, 0.3) is 5.91 Å². The Hall–Kier alpha value is -0.810. The fourth-order valence-corrected chi connectivity index (χ4v) is 2.09. The van der Waals surface area contributed by atoms with E-state index in [9.17, 15) is 4.79 Å². The number of carbonyl (C=O) groups is 1. The van der Waals surface area contributed by atoms with Crippen molar-refractivity contribution in [3.63, 3.8) is 0 Å². The zero-order chi connectivity index (χ0) is 12.7. The van der Waals surface area contributed by atoms with Crippen molar-refractivity contribution < 1.29 is 4.79 Å². The van der Waals surface area contributed by atoms with Crippen LogP contribution in [0.1, 0.15) is 30.8 Å². The third-order valence-electron chi connectivity index (χ3n) is 2.40. The number of nitrogens with zero attached hydrogens (tertiary/aromatic N) is 1. The van der Waals surface area contributed by atoms with Crippen LogP contribution < -0.4 is 10.6 Å². The molecule has 1 amide bonds. The summed E-state index contributed by atoms with van der Waals surface area (Å²) in [6, 6.07) is 1.86. The molecule has 0 aromatic carbocycles. The van der Waals surface area contributed by atoms with Crippen molar-refractivity contribution in [1.82, 2.24) is 15.2 Å². The fraction of sp³-hybridized carbons (Fsp3) is 0.583. The molecule has 0 saturated heterocycles. The molecule has 0 fully saturated rings. The van der Waals surface area contributed by atoms with E-state index in [1.807, 2.05) is 23.8 Å². The molecule has 1 aromatic rings. The molecule has 0 saturated carbocycles. The zero-order valence-corrected chi connectivity index (χ0v) is 12.0. The van der Waals surface area contributed by atoms with Gasteiger partial charge < -0.3 is 15.2 Å². The van der Waals surface area contributed by atoms with Crippen molar-refractivity contribution in [2.75, 3.05) is 19.6 Å². The highest BCUT2D eigenvalue weighted by molar-refractivity contribution is 9.10. The molecular weight excluding hydrogens is 282 g/mol. The van der Waals surface area contributed by atoms with Gasteiger partial charge in [0.05, 0.1) is 0 Å². The molecule has 0 unspecified atom stereocenters. The van der Waals surface area contributed by atoms with E-state index in [4.69, 9.17) is 0 Å². The van der Waals surface area contributed by atoms with Crippen molar-refractivity contribution in [2.24, 2.45) is 0 Å². The second kappa shape index (κ2) is 7.50. The average Bonchev–Trinajstić information content (AvgIpc) is 2.66. The van der Waals surface area contributed by atoms with Crippen molar-refractivity contribution in [1.29, 1.82) is 0 Å². The predicted molar refractivity (Wildman–Crippen MR) is 73.3 cm³/mol. The van der Waals surface area contributed by atoms with Crippen LogP contribution in [0.5, 0.6) is 0 Å². The standard InChI is InChI=1S/C12H20BrN3O/c1-3-7-16-9-10(13)8-11(16)12(17)15-6-5-14-4-2/h8-9,14H,3-7H2,1-2H3,(H,15,17). The number of nitrogens with one attached hydrogen (secondary N) is 2. The van der Waals surface area contributed by atoms with Crippen molar-refractivity contribution >= 4 is 21.8 Å². The summed E-state index contributed by atoms with van der Waals surface area (Å²) >= 11 is 3.40. The van der Waals surface area contributed by atoms with Crippen LogP contribution >= 0.6 is 15.9 Å². The average molecular weight is 302 g/mol. The van der Waals surface area contributed by atoms with Crippen LogP contribution in [0.4, 0.5) is 0 Å². The van der Waals surface area contributed by atoms with Gasteiger partial charge in [-0.2, -0.15) is 0 Å². The monoisotopic (exact) mass is 301 g/mol. The molecule has 0 spiro atoms. The van der Waals surface area contributed by atoms with Gasteiger partial charge in [0.15, 0.2) is 0 Å². The molecule has 17 heavy (non-hydrogen) atoms. The molecule has 0 atom stereocenters. The second-order valence-electron chi connectivity index (χ2n) is 3.85. The minimum Gasteiger partial charge on any atom is -0.349 e. The van der Waals surface area contributed by atoms with Crippen LogP contribution in [0.2, 0.25) is 0 Å². The predicted octanol–water partition coefficient (Wildman–Crippen LogP) is 2.00. The Bertz CT molecular complexity index is 363. The van der Waals surface area contributed by atoms with Crippen molar-refractivity contribution in [3.8, 4) is 0 Å². The number of aromatic nitrogens is 1. The SMILES string of the molecule is CCCn1cc(Br)cc1C(=O)NCCNCC. The maximum Gasteiger partial charge on any atom is 0.267 e. The van der Waals surface area contributed by atoms with Crippen LogP contribution in [-0.4, -0.2) is 30.1 Å². The summed E-state index contributed by atoms with van der Waals surface area (Å²) in [5.41, 5.74) is 0.718. The highest BCUT2D eigenvalue weighted by Crippen LogP contribution is 2.15. The first kappa shape index (κ1) is 14.3. The maximum atomic E-state index is 11.9. The lowest BCUT2D eigenvalue weighted by Gasteiger charge is -2.08. The molecule has 1 heterocycles. The van der Waals surface area contributed by atoms with Gasteiger partial charge in [0.2, 0.25) is 0 Å². The maximum absolute atomic E-state index is 11.9. The van der Waals surface area contributed by atoms with Gasteiger partial charge in [0.1, 0.15) is 5.69 Å². The normalized spacial score (nSPS) is 10.5. The van der Waals surface area contributed by atoms with E-state index >= 15 is 0 Å². The number of amides is 1. The van der Waals surface area contributed by atoms with E-state index in [1.54, 1.807) is 0 Å². The summed E-state index contributed by atoms with van der Waals surface area (Å²) in [5.74, 6) is -0.0120. The molecule has 0 bridgehead atoms. The first-order chi connectivity index (χ1) is 8.19. The number of carbonyl (C=O) groups excluding carboxylic acids is 1. The van der Waals surface area contributed by atoms with E-state index in [0.717, 1.165) is 36.2 Å². The number of halogens is 1. The Morgan fingerprint density at radius 2 is 2.18 bits per heavy atom. The molecule has 4 nitrogen and oxygen atoms in total. The minimum atomic E-state index is -0.0120. The van der Waals surface area contributed by atoms with Crippen LogP contribution in [0.15, 0.2) is 16.7 Å². The molecule has 1 rings (SSSR count). The van der Waals surface area contributed by atoms with Gasteiger partial charge in [-0.3, -0.25) is 4.79 Å². The number of aryl methyl sites for hydroxylation is 1. The molecule has 5 heteroatoms. The van der Waals surface area contributed by atoms with E-state index in [2.05, 4.69) is 33.5 Å². The smallest absolute Gasteiger partial charge is 0.267 e. The highest BCUT2D eigenvalue weighted by atomic mass is 79.9. The van der Waals surface area contributed by atoms with E-state index in [-0.39, 0.29) is 5.91 Å². The molecule has 96 valence electrons. The van der Waals surface area contributed by atoms with E-state index in [0.29, 0.717) is 6.54 Å². The number of likely N-dealkylation sites (N-methyl/N-ethyl adjacent to an activating group) is 1. The second-order valence-corrected chi connectivity index (χ2v) is 4.76. The highest BCUT2D eigenvalue weighted by Gasteiger charge is 2.11. The molecule has 1 aromatic heterocycles. The third-order valence-corrected chi connectivity index (χ3v) is 2.83. The van der Waals surface area contributed by atoms with Gasteiger partial charge in [-0.15, -0.1) is 0 Å². The van der Waals surface area contributed by atoms with Gasteiger partial charge in [0, 0.05) is 30.3 Å². The summed E-state index contributed by atoms with van der Waals surface area (Å²) in [7, 11) is 0. The summed E-state index contributed by atoms with van der Waals surface area (Å²) in [6.07, 6.45) is 2.96. The lowest BCUT2D eigenvalue weighted by Crippen LogP contribution is -2.32. The van der Waals surface area contributed by atoms with Gasteiger partial charge >= 0.3 is 0 Å². The number of rotatable bonds is 7. The summed E-state index contributed by atoms with van der Waals surface area (Å²) in [6.45, 7) is 7.39. The largest absolute Gasteiger partial charge is 0.349 e. The molecule has 0 aliphatic heterocycles. The van der Waals surface area contributed by atoms with E-state index < -0.39 is 0 Å². The number of hydrogen-bond acceptors (Lipinski definition) is 2. The lowest BCUT2D eigenvalue weighted by atomic mass is 10.3. The molecule has 2 N–H and O–H groups in total. The van der Waals surface area contributed by atoms with Crippen LogP contribution in [0.3, 0.4) is 0 Å². The zero-order valence-electron chi connectivity index (χ0n) is 10.4. The van der Waals surface area contributed by atoms with Gasteiger partial charge in [-0.1, -0.05) is 13.8 Å². The Balaban J connectivity index is 2.55.